The molecule has 0 atom stereocenters. The van der Waals surface area contributed by atoms with Crippen LogP contribution in [0.25, 0.3) is 11.3 Å². The van der Waals surface area contributed by atoms with Crippen molar-refractivity contribution in [1.29, 1.82) is 0 Å². The van der Waals surface area contributed by atoms with E-state index in [1.54, 1.807) is 6.07 Å². The number of nitrogens with zero attached hydrogens (tertiary/aromatic N) is 1. The van der Waals surface area contributed by atoms with Crippen LogP contribution in [0, 0.1) is 5.41 Å². The lowest BCUT2D eigenvalue weighted by atomic mass is 9.95. The summed E-state index contributed by atoms with van der Waals surface area (Å²) in [6.07, 6.45) is 0. The van der Waals surface area contributed by atoms with Gasteiger partial charge in [0.15, 0.2) is 0 Å². The Morgan fingerprint density at radius 3 is 2.55 bits per heavy atom. The van der Waals surface area contributed by atoms with Crippen LogP contribution in [0.15, 0.2) is 41.2 Å². The summed E-state index contributed by atoms with van der Waals surface area (Å²) in [5.74, 6) is -0.0518. The van der Waals surface area contributed by atoms with Crippen LogP contribution < -0.4 is 10.9 Å². The number of H-pyrrole nitrogens is 1. The van der Waals surface area contributed by atoms with Crippen molar-refractivity contribution >= 4 is 11.6 Å². The molecule has 1 amide bonds. The Labute approximate surface area is 117 Å². The van der Waals surface area contributed by atoms with Gasteiger partial charge in [0.2, 0.25) is 5.91 Å². The number of carbonyl (C=O) groups excluding carboxylic acids is 1. The third-order valence-electron chi connectivity index (χ3n) is 2.78. The molecule has 20 heavy (non-hydrogen) atoms. The molecule has 0 radical (unpaired) electrons. The molecule has 2 rings (SSSR count). The van der Waals surface area contributed by atoms with Crippen molar-refractivity contribution in [2.45, 2.75) is 20.8 Å². The van der Waals surface area contributed by atoms with Crippen molar-refractivity contribution in [3.8, 4) is 11.3 Å². The highest BCUT2D eigenvalue weighted by atomic mass is 16.2. The molecule has 0 aliphatic heterocycles. The molecule has 1 aromatic heterocycles. The molecule has 0 unspecified atom stereocenters. The van der Waals surface area contributed by atoms with Gasteiger partial charge in [-0.3, -0.25) is 9.59 Å². The van der Waals surface area contributed by atoms with E-state index in [2.05, 4.69) is 15.5 Å². The number of nitrogens with one attached hydrogen (secondary N) is 2. The van der Waals surface area contributed by atoms with Crippen LogP contribution in [0.1, 0.15) is 20.8 Å². The van der Waals surface area contributed by atoms with E-state index in [1.807, 2.05) is 45.0 Å². The highest BCUT2D eigenvalue weighted by Gasteiger charge is 2.21. The Balaban J connectivity index is 2.26. The second-order valence-electron chi connectivity index (χ2n) is 5.59. The van der Waals surface area contributed by atoms with Gasteiger partial charge in [0.25, 0.3) is 5.56 Å². The normalized spacial score (nSPS) is 11.2. The second-order valence-corrected chi connectivity index (χ2v) is 5.59. The van der Waals surface area contributed by atoms with Crippen molar-refractivity contribution in [3.63, 3.8) is 0 Å². The van der Waals surface area contributed by atoms with E-state index in [-0.39, 0.29) is 11.5 Å². The first-order valence-corrected chi connectivity index (χ1v) is 6.34. The van der Waals surface area contributed by atoms with Crippen LogP contribution in [0.3, 0.4) is 0 Å². The maximum absolute atomic E-state index is 12.0. The Morgan fingerprint density at radius 2 is 1.95 bits per heavy atom. The van der Waals surface area contributed by atoms with Crippen LogP contribution in [-0.2, 0) is 4.79 Å². The molecular formula is C15H17N3O2. The number of anilines is 1. The average Bonchev–Trinajstić information content (AvgIpc) is 2.39. The number of aromatic nitrogens is 2. The summed E-state index contributed by atoms with van der Waals surface area (Å²) < 4.78 is 0. The van der Waals surface area contributed by atoms with Gasteiger partial charge >= 0.3 is 0 Å². The summed E-state index contributed by atoms with van der Waals surface area (Å²) in [6, 6.07) is 10.4. The summed E-state index contributed by atoms with van der Waals surface area (Å²) in [7, 11) is 0. The van der Waals surface area contributed by atoms with Gasteiger partial charge in [-0.05, 0) is 18.2 Å². The molecule has 0 spiro atoms. The first-order chi connectivity index (χ1) is 9.36. The molecule has 0 saturated heterocycles. The zero-order valence-corrected chi connectivity index (χ0v) is 11.7. The van der Waals surface area contributed by atoms with Gasteiger partial charge in [-0.25, -0.2) is 5.10 Å². The van der Waals surface area contributed by atoms with E-state index in [0.29, 0.717) is 11.4 Å². The summed E-state index contributed by atoms with van der Waals surface area (Å²) in [4.78, 5) is 23.0. The van der Waals surface area contributed by atoms with Crippen LogP contribution in [0.4, 0.5) is 5.69 Å². The van der Waals surface area contributed by atoms with E-state index >= 15 is 0 Å². The first-order valence-electron chi connectivity index (χ1n) is 6.34. The summed E-state index contributed by atoms with van der Waals surface area (Å²) >= 11 is 0. The molecule has 0 aliphatic carbocycles. The molecule has 1 aromatic carbocycles. The molecule has 2 N–H and O–H groups in total. The second kappa shape index (κ2) is 5.28. The minimum Gasteiger partial charge on any atom is -0.326 e. The Kier molecular flexibility index (Phi) is 3.70. The molecule has 2 aromatic rings. The van der Waals surface area contributed by atoms with Gasteiger partial charge in [-0.15, -0.1) is 0 Å². The predicted octanol–water partition coefficient (Wildman–Crippen LogP) is 2.42. The van der Waals surface area contributed by atoms with Gasteiger partial charge in [0.05, 0.1) is 5.69 Å². The fourth-order valence-electron chi connectivity index (χ4n) is 1.58. The highest BCUT2D eigenvalue weighted by Crippen LogP contribution is 2.22. The van der Waals surface area contributed by atoms with E-state index < -0.39 is 5.41 Å². The van der Waals surface area contributed by atoms with E-state index in [0.717, 1.165) is 5.56 Å². The maximum atomic E-state index is 12.0. The molecule has 5 heteroatoms. The standard InChI is InChI=1S/C15H17N3O2/c1-15(2,3)14(20)16-11-6-4-5-10(9-11)12-7-8-13(19)18-17-12/h4-9H,1-3H3,(H,16,20)(H,18,19). The van der Waals surface area contributed by atoms with Crippen molar-refractivity contribution in [2.24, 2.45) is 5.41 Å². The largest absolute Gasteiger partial charge is 0.326 e. The Morgan fingerprint density at radius 1 is 1.20 bits per heavy atom. The molecule has 0 fully saturated rings. The topological polar surface area (TPSA) is 74.8 Å². The number of carbonyl (C=O) groups is 1. The Hall–Kier alpha value is -2.43. The number of amides is 1. The quantitative estimate of drug-likeness (QED) is 0.880. The van der Waals surface area contributed by atoms with Gasteiger partial charge in [0.1, 0.15) is 0 Å². The zero-order valence-electron chi connectivity index (χ0n) is 11.7. The SMILES string of the molecule is CC(C)(C)C(=O)Nc1cccc(-c2ccc(=O)[nH]n2)c1. The highest BCUT2D eigenvalue weighted by molar-refractivity contribution is 5.95. The van der Waals surface area contributed by atoms with Crippen LogP contribution >= 0.6 is 0 Å². The van der Waals surface area contributed by atoms with Gasteiger partial charge in [-0.2, -0.15) is 5.10 Å². The van der Waals surface area contributed by atoms with Crippen molar-refractivity contribution in [2.75, 3.05) is 5.32 Å². The van der Waals surface area contributed by atoms with Crippen LogP contribution in [0.5, 0.6) is 0 Å². The summed E-state index contributed by atoms with van der Waals surface area (Å²) in [5, 5.41) is 9.22. The van der Waals surface area contributed by atoms with E-state index in [4.69, 9.17) is 0 Å². The molecule has 0 saturated carbocycles. The number of aromatic amines is 1. The number of hydrogen-bond acceptors (Lipinski definition) is 3. The zero-order chi connectivity index (χ0) is 14.8. The van der Waals surface area contributed by atoms with Crippen LogP contribution in [0.2, 0.25) is 0 Å². The first kappa shape index (κ1) is 14.0. The predicted molar refractivity (Wildman–Crippen MR) is 78.4 cm³/mol. The van der Waals surface area contributed by atoms with Crippen molar-refractivity contribution in [3.05, 3.63) is 46.8 Å². The van der Waals surface area contributed by atoms with E-state index in [1.165, 1.54) is 6.07 Å². The number of rotatable bonds is 2. The van der Waals surface area contributed by atoms with Crippen LogP contribution in [-0.4, -0.2) is 16.1 Å². The van der Waals surface area contributed by atoms with E-state index in [9.17, 15) is 9.59 Å². The van der Waals surface area contributed by atoms with Gasteiger partial charge < -0.3 is 5.32 Å². The third-order valence-corrected chi connectivity index (χ3v) is 2.78. The Bertz CT molecular complexity index is 664. The monoisotopic (exact) mass is 271 g/mol. The molecular weight excluding hydrogens is 254 g/mol. The lowest BCUT2D eigenvalue weighted by Gasteiger charge is -2.17. The number of hydrogen-bond donors (Lipinski definition) is 2. The average molecular weight is 271 g/mol. The summed E-state index contributed by atoms with van der Waals surface area (Å²) in [6.45, 7) is 5.57. The molecule has 0 aliphatic rings. The van der Waals surface area contributed by atoms with Gasteiger partial charge in [-0.1, -0.05) is 32.9 Å². The lowest BCUT2D eigenvalue weighted by molar-refractivity contribution is -0.123. The lowest BCUT2D eigenvalue weighted by Crippen LogP contribution is -2.27. The van der Waals surface area contributed by atoms with Gasteiger partial charge in [0, 0.05) is 22.7 Å². The van der Waals surface area contributed by atoms with Crippen molar-refractivity contribution in [1.82, 2.24) is 10.2 Å². The fraction of sp³-hybridized carbons (Fsp3) is 0.267. The summed E-state index contributed by atoms with van der Waals surface area (Å²) in [5.41, 5.74) is 1.48. The molecule has 104 valence electrons. The minimum atomic E-state index is -0.452. The third kappa shape index (κ3) is 3.32. The smallest absolute Gasteiger partial charge is 0.264 e. The fourth-order valence-corrected chi connectivity index (χ4v) is 1.58. The molecule has 0 bridgehead atoms. The minimum absolute atomic E-state index is 0.0518. The maximum Gasteiger partial charge on any atom is 0.264 e. The molecule has 5 nitrogen and oxygen atoms in total. The van der Waals surface area contributed by atoms with Crippen molar-refractivity contribution < 1.29 is 4.79 Å². The molecule has 1 heterocycles. The number of benzene rings is 1.